The van der Waals surface area contributed by atoms with Crippen molar-refractivity contribution in [3.63, 3.8) is 0 Å². The molecule has 0 radical (unpaired) electrons. The third-order valence-electron chi connectivity index (χ3n) is 2.74. The lowest BCUT2D eigenvalue weighted by molar-refractivity contribution is 0.0232. The van der Waals surface area contributed by atoms with Gasteiger partial charge in [0.1, 0.15) is 6.10 Å². The summed E-state index contributed by atoms with van der Waals surface area (Å²) in [5.74, 6) is 0.671. The Labute approximate surface area is 95.8 Å². The monoisotopic (exact) mass is 222 g/mol. The topological polar surface area (TPSA) is 57.4 Å². The molecule has 1 aromatic rings. The van der Waals surface area contributed by atoms with Crippen molar-refractivity contribution >= 4 is 0 Å². The van der Waals surface area contributed by atoms with Crippen LogP contribution in [0.25, 0.3) is 0 Å². The van der Waals surface area contributed by atoms with Crippen molar-refractivity contribution in [3.8, 4) is 5.88 Å². The van der Waals surface area contributed by atoms with Gasteiger partial charge >= 0.3 is 0 Å². The zero-order valence-corrected chi connectivity index (χ0v) is 9.56. The van der Waals surface area contributed by atoms with E-state index in [4.69, 9.17) is 15.2 Å². The van der Waals surface area contributed by atoms with Crippen LogP contribution in [-0.2, 0) is 4.74 Å². The molecule has 0 amide bonds. The minimum absolute atomic E-state index is 0.0523. The van der Waals surface area contributed by atoms with Gasteiger partial charge in [-0.1, -0.05) is 6.07 Å². The standard InChI is InChI=1S/C12H18N2O2/c1-9(13)11-3-2-6-14-12(11)16-10-4-7-15-8-5-10/h2-3,6,9-10H,4-5,7-8,13H2,1H3/t9-/m0/s1. The summed E-state index contributed by atoms with van der Waals surface area (Å²) in [6.07, 6.45) is 3.80. The van der Waals surface area contributed by atoms with Gasteiger partial charge in [-0.05, 0) is 13.0 Å². The number of hydrogen-bond acceptors (Lipinski definition) is 4. The van der Waals surface area contributed by atoms with Crippen LogP contribution in [0, 0.1) is 0 Å². The SMILES string of the molecule is C[C@H](N)c1cccnc1OC1CCOCC1. The molecule has 2 rings (SSSR count). The Morgan fingerprint density at radius 1 is 1.50 bits per heavy atom. The average Bonchev–Trinajstić information content (AvgIpc) is 2.31. The molecule has 16 heavy (non-hydrogen) atoms. The summed E-state index contributed by atoms with van der Waals surface area (Å²) in [7, 11) is 0. The summed E-state index contributed by atoms with van der Waals surface area (Å²) in [5, 5.41) is 0. The van der Waals surface area contributed by atoms with Crippen LogP contribution in [0.2, 0.25) is 0 Å². The van der Waals surface area contributed by atoms with E-state index >= 15 is 0 Å². The second-order valence-corrected chi connectivity index (χ2v) is 4.12. The Morgan fingerprint density at radius 3 is 2.94 bits per heavy atom. The molecule has 0 unspecified atom stereocenters. The van der Waals surface area contributed by atoms with E-state index in [-0.39, 0.29) is 12.1 Å². The summed E-state index contributed by atoms with van der Waals surface area (Å²) in [4.78, 5) is 4.25. The molecule has 2 heterocycles. The van der Waals surface area contributed by atoms with Crippen LogP contribution in [0.4, 0.5) is 0 Å². The molecule has 1 aromatic heterocycles. The summed E-state index contributed by atoms with van der Waals surface area (Å²) >= 11 is 0. The Bertz CT molecular complexity index is 336. The van der Waals surface area contributed by atoms with Gasteiger partial charge in [0.2, 0.25) is 5.88 Å². The van der Waals surface area contributed by atoms with Crippen molar-refractivity contribution in [1.29, 1.82) is 0 Å². The molecule has 1 aliphatic heterocycles. The Kier molecular flexibility index (Phi) is 3.74. The predicted octanol–water partition coefficient (Wildman–Crippen LogP) is 1.66. The smallest absolute Gasteiger partial charge is 0.218 e. The van der Waals surface area contributed by atoms with Gasteiger partial charge in [-0.15, -0.1) is 0 Å². The Hall–Kier alpha value is -1.13. The van der Waals surface area contributed by atoms with Crippen molar-refractivity contribution in [1.82, 2.24) is 4.98 Å². The molecule has 1 fully saturated rings. The molecule has 1 aliphatic rings. The zero-order chi connectivity index (χ0) is 11.4. The number of hydrogen-bond donors (Lipinski definition) is 1. The number of rotatable bonds is 3. The maximum Gasteiger partial charge on any atom is 0.218 e. The van der Waals surface area contributed by atoms with Crippen molar-refractivity contribution in [3.05, 3.63) is 23.9 Å². The molecule has 88 valence electrons. The first kappa shape index (κ1) is 11.4. The van der Waals surface area contributed by atoms with Gasteiger partial charge in [0, 0.05) is 30.6 Å². The third-order valence-corrected chi connectivity index (χ3v) is 2.74. The van der Waals surface area contributed by atoms with Crippen LogP contribution in [0.5, 0.6) is 5.88 Å². The van der Waals surface area contributed by atoms with Crippen LogP contribution in [0.1, 0.15) is 31.4 Å². The lowest BCUT2D eigenvalue weighted by Gasteiger charge is -2.24. The van der Waals surface area contributed by atoms with Gasteiger partial charge in [0.05, 0.1) is 13.2 Å². The lowest BCUT2D eigenvalue weighted by atomic mass is 10.1. The highest BCUT2D eigenvalue weighted by molar-refractivity contribution is 5.28. The first-order valence-electron chi connectivity index (χ1n) is 5.72. The highest BCUT2D eigenvalue weighted by Crippen LogP contribution is 2.23. The van der Waals surface area contributed by atoms with Crippen LogP contribution in [-0.4, -0.2) is 24.3 Å². The number of pyridine rings is 1. The van der Waals surface area contributed by atoms with Crippen molar-refractivity contribution in [2.45, 2.75) is 31.9 Å². The van der Waals surface area contributed by atoms with Gasteiger partial charge in [0.25, 0.3) is 0 Å². The largest absolute Gasteiger partial charge is 0.474 e. The van der Waals surface area contributed by atoms with E-state index < -0.39 is 0 Å². The van der Waals surface area contributed by atoms with Gasteiger partial charge in [-0.3, -0.25) is 0 Å². The van der Waals surface area contributed by atoms with Crippen molar-refractivity contribution in [2.75, 3.05) is 13.2 Å². The molecule has 2 N–H and O–H groups in total. The third kappa shape index (κ3) is 2.71. The first-order valence-corrected chi connectivity index (χ1v) is 5.72. The Balaban J connectivity index is 2.07. The number of aromatic nitrogens is 1. The van der Waals surface area contributed by atoms with Crippen LogP contribution in [0.3, 0.4) is 0 Å². The maximum absolute atomic E-state index is 5.88. The highest BCUT2D eigenvalue weighted by Gasteiger charge is 2.18. The van der Waals surface area contributed by atoms with Gasteiger partial charge in [-0.2, -0.15) is 0 Å². The quantitative estimate of drug-likeness (QED) is 0.845. The molecule has 0 bridgehead atoms. The summed E-state index contributed by atoms with van der Waals surface area (Å²) in [5.41, 5.74) is 6.84. The summed E-state index contributed by atoms with van der Waals surface area (Å²) < 4.78 is 11.2. The average molecular weight is 222 g/mol. The first-order chi connectivity index (χ1) is 7.77. The van der Waals surface area contributed by atoms with E-state index in [1.807, 2.05) is 19.1 Å². The maximum atomic E-state index is 5.88. The molecular formula is C12H18N2O2. The van der Waals surface area contributed by atoms with E-state index in [0.717, 1.165) is 31.6 Å². The predicted molar refractivity (Wildman–Crippen MR) is 61.3 cm³/mol. The molecule has 1 atom stereocenters. The summed E-state index contributed by atoms with van der Waals surface area (Å²) in [6.45, 7) is 3.48. The van der Waals surface area contributed by atoms with Crippen LogP contribution >= 0.6 is 0 Å². The minimum atomic E-state index is -0.0523. The van der Waals surface area contributed by atoms with Crippen LogP contribution < -0.4 is 10.5 Å². The van der Waals surface area contributed by atoms with E-state index in [1.54, 1.807) is 6.20 Å². The molecule has 4 nitrogen and oxygen atoms in total. The lowest BCUT2D eigenvalue weighted by Crippen LogP contribution is -2.27. The minimum Gasteiger partial charge on any atom is -0.474 e. The highest BCUT2D eigenvalue weighted by atomic mass is 16.5. The van der Waals surface area contributed by atoms with Gasteiger partial charge in [-0.25, -0.2) is 4.98 Å². The van der Waals surface area contributed by atoms with Gasteiger partial charge < -0.3 is 15.2 Å². The van der Waals surface area contributed by atoms with Gasteiger partial charge in [0.15, 0.2) is 0 Å². The van der Waals surface area contributed by atoms with Crippen LogP contribution in [0.15, 0.2) is 18.3 Å². The van der Waals surface area contributed by atoms with Crippen molar-refractivity contribution in [2.24, 2.45) is 5.73 Å². The van der Waals surface area contributed by atoms with E-state index in [9.17, 15) is 0 Å². The normalized spacial score (nSPS) is 19.4. The fourth-order valence-corrected chi connectivity index (χ4v) is 1.80. The zero-order valence-electron chi connectivity index (χ0n) is 9.56. The molecule has 1 saturated heterocycles. The second-order valence-electron chi connectivity index (χ2n) is 4.12. The molecule has 4 heteroatoms. The number of nitrogens with two attached hydrogens (primary N) is 1. The molecule has 0 aromatic carbocycles. The van der Waals surface area contributed by atoms with Crippen molar-refractivity contribution < 1.29 is 9.47 Å². The number of nitrogens with zero attached hydrogens (tertiary/aromatic N) is 1. The fraction of sp³-hybridized carbons (Fsp3) is 0.583. The fourth-order valence-electron chi connectivity index (χ4n) is 1.80. The Morgan fingerprint density at radius 2 is 2.25 bits per heavy atom. The molecule has 0 saturated carbocycles. The number of ether oxygens (including phenoxy) is 2. The molecule has 0 spiro atoms. The molecular weight excluding hydrogens is 204 g/mol. The second kappa shape index (κ2) is 5.27. The van der Waals surface area contributed by atoms with E-state index in [2.05, 4.69) is 4.98 Å². The summed E-state index contributed by atoms with van der Waals surface area (Å²) in [6, 6.07) is 3.80. The van der Waals surface area contributed by atoms with E-state index in [0.29, 0.717) is 5.88 Å². The van der Waals surface area contributed by atoms with E-state index in [1.165, 1.54) is 0 Å². The molecule has 0 aliphatic carbocycles.